The third kappa shape index (κ3) is 3.62. The van der Waals surface area contributed by atoms with Crippen molar-refractivity contribution in [1.29, 1.82) is 0 Å². The Morgan fingerprint density at radius 3 is 2.28 bits per heavy atom. The van der Waals surface area contributed by atoms with Crippen LogP contribution in [0.4, 0.5) is 0 Å². The van der Waals surface area contributed by atoms with Crippen molar-refractivity contribution in [2.75, 3.05) is 26.9 Å². The van der Waals surface area contributed by atoms with E-state index in [1.54, 1.807) is 20.1 Å². The fraction of sp³-hybridized carbons (Fsp3) is 0.571. The molecule has 1 aromatic carbocycles. The Kier molecular flexibility index (Phi) is 5.44. The zero-order chi connectivity index (χ0) is 13.6. The molecule has 0 saturated heterocycles. The number of aliphatic hydroxyl groups is 1. The van der Waals surface area contributed by atoms with E-state index in [1.165, 1.54) is 0 Å². The average Bonchev–Trinajstić information content (AvgIpc) is 2.31. The van der Waals surface area contributed by atoms with Crippen molar-refractivity contribution >= 4 is 0 Å². The third-order valence-electron chi connectivity index (χ3n) is 2.59. The molecule has 0 saturated carbocycles. The molecule has 0 radical (unpaired) electrons. The van der Waals surface area contributed by atoms with Gasteiger partial charge >= 0.3 is 0 Å². The molecule has 0 spiro atoms. The maximum absolute atomic E-state index is 10.3. The van der Waals surface area contributed by atoms with Gasteiger partial charge in [0.05, 0.1) is 19.8 Å². The Balaban J connectivity index is 3.05. The normalized spacial score (nSPS) is 14.1. The van der Waals surface area contributed by atoms with Crippen molar-refractivity contribution in [3.8, 4) is 11.5 Å². The van der Waals surface area contributed by atoms with Crippen LogP contribution >= 0.6 is 0 Å². The smallest absolute Gasteiger partial charge is 0.161 e. The molecule has 1 rings (SSSR count). The minimum Gasteiger partial charge on any atom is -0.490 e. The molecule has 0 bridgehead atoms. The second-order valence-electron chi connectivity index (χ2n) is 4.23. The standard InChI is InChI=1S/C14H22O4/c1-5-17-12-8-7-11(9-13(12)18-6-2)14(3,15)10-16-4/h7-9,15H,5-6,10H2,1-4H3. The summed E-state index contributed by atoms with van der Waals surface area (Å²) in [5.41, 5.74) is -0.290. The van der Waals surface area contributed by atoms with Crippen molar-refractivity contribution < 1.29 is 19.3 Å². The van der Waals surface area contributed by atoms with E-state index in [4.69, 9.17) is 14.2 Å². The van der Waals surface area contributed by atoms with E-state index in [2.05, 4.69) is 0 Å². The van der Waals surface area contributed by atoms with Gasteiger partial charge in [0.25, 0.3) is 0 Å². The average molecular weight is 254 g/mol. The fourth-order valence-corrected chi connectivity index (χ4v) is 1.75. The predicted molar refractivity (Wildman–Crippen MR) is 70.2 cm³/mol. The van der Waals surface area contributed by atoms with Gasteiger partial charge in [-0.3, -0.25) is 0 Å². The molecule has 4 heteroatoms. The summed E-state index contributed by atoms with van der Waals surface area (Å²) in [6, 6.07) is 5.44. The van der Waals surface area contributed by atoms with Crippen molar-refractivity contribution in [2.24, 2.45) is 0 Å². The van der Waals surface area contributed by atoms with E-state index in [9.17, 15) is 5.11 Å². The van der Waals surface area contributed by atoms with E-state index in [0.29, 0.717) is 24.7 Å². The lowest BCUT2D eigenvalue weighted by molar-refractivity contribution is -0.0209. The first-order valence-corrected chi connectivity index (χ1v) is 6.16. The molecule has 0 aliphatic carbocycles. The molecule has 0 amide bonds. The minimum atomic E-state index is -1.04. The number of ether oxygens (including phenoxy) is 3. The topological polar surface area (TPSA) is 47.9 Å². The summed E-state index contributed by atoms with van der Waals surface area (Å²) in [6.45, 7) is 6.90. The molecular weight excluding hydrogens is 232 g/mol. The Morgan fingerprint density at radius 1 is 1.11 bits per heavy atom. The lowest BCUT2D eigenvalue weighted by atomic mass is 9.96. The zero-order valence-corrected chi connectivity index (χ0v) is 11.5. The Labute approximate surface area is 108 Å². The first kappa shape index (κ1) is 14.8. The molecule has 0 aliphatic rings. The summed E-state index contributed by atoms with van der Waals surface area (Å²) in [4.78, 5) is 0. The van der Waals surface area contributed by atoms with Crippen LogP contribution in [0.15, 0.2) is 18.2 Å². The molecule has 18 heavy (non-hydrogen) atoms. The molecule has 102 valence electrons. The number of methoxy groups -OCH3 is 1. The van der Waals surface area contributed by atoms with Crippen LogP contribution in [0.25, 0.3) is 0 Å². The van der Waals surface area contributed by atoms with Crippen molar-refractivity contribution in [3.63, 3.8) is 0 Å². The van der Waals surface area contributed by atoms with E-state index in [-0.39, 0.29) is 6.61 Å². The Hall–Kier alpha value is -1.26. The van der Waals surface area contributed by atoms with Gasteiger partial charge < -0.3 is 19.3 Å². The van der Waals surface area contributed by atoms with Gasteiger partial charge in [-0.05, 0) is 38.5 Å². The van der Waals surface area contributed by atoms with E-state index in [0.717, 1.165) is 5.56 Å². The van der Waals surface area contributed by atoms with Crippen molar-refractivity contribution in [1.82, 2.24) is 0 Å². The highest BCUT2D eigenvalue weighted by Gasteiger charge is 2.24. The largest absolute Gasteiger partial charge is 0.490 e. The van der Waals surface area contributed by atoms with Gasteiger partial charge in [-0.25, -0.2) is 0 Å². The molecule has 1 aromatic rings. The van der Waals surface area contributed by atoms with Crippen LogP contribution in [0.1, 0.15) is 26.3 Å². The monoisotopic (exact) mass is 254 g/mol. The minimum absolute atomic E-state index is 0.229. The number of rotatable bonds is 7. The maximum atomic E-state index is 10.3. The van der Waals surface area contributed by atoms with E-state index in [1.807, 2.05) is 26.0 Å². The quantitative estimate of drug-likeness (QED) is 0.811. The van der Waals surface area contributed by atoms with Gasteiger partial charge in [-0.2, -0.15) is 0 Å². The van der Waals surface area contributed by atoms with Gasteiger partial charge in [0.1, 0.15) is 5.60 Å². The predicted octanol–water partition coefficient (Wildman–Crippen LogP) is 2.34. The summed E-state index contributed by atoms with van der Waals surface area (Å²) in [7, 11) is 1.56. The van der Waals surface area contributed by atoms with Crippen LogP contribution in [-0.2, 0) is 10.3 Å². The molecule has 1 unspecified atom stereocenters. The molecule has 0 aliphatic heterocycles. The molecule has 0 fully saturated rings. The summed E-state index contributed by atoms with van der Waals surface area (Å²) in [5.74, 6) is 1.34. The second-order valence-corrected chi connectivity index (χ2v) is 4.23. The Morgan fingerprint density at radius 2 is 1.72 bits per heavy atom. The highest BCUT2D eigenvalue weighted by Crippen LogP contribution is 2.32. The van der Waals surface area contributed by atoms with Gasteiger partial charge in [0.15, 0.2) is 11.5 Å². The molecule has 1 atom stereocenters. The summed E-state index contributed by atoms with van der Waals surface area (Å²) >= 11 is 0. The van der Waals surface area contributed by atoms with Gasteiger partial charge in [-0.15, -0.1) is 0 Å². The Bertz CT molecular complexity index is 374. The van der Waals surface area contributed by atoms with E-state index >= 15 is 0 Å². The lowest BCUT2D eigenvalue weighted by Crippen LogP contribution is -2.27. The van der Waals surface area contributed by atoms with Gasteiger partial charge in [0, 0.05) is 7.11 Å². The van der Waals surface area contributed by atoms with Crippen molar-refractivity contribution in [2.45, 2.75) is 26.4 Å². The maximum Gasteiger partial charge on any atom is 0.161 e. The van der Waals surface area contributed by atoms with Crippen LogP contribution in [-0.4, -0.2) is 32.0 Å². The summed E-state index contributed by atoms with van der Waals surface area (Å²) in [5, 5.41) is 10.3. The third-order valence-corrected chi connectivity index (χ3v) is 2.59. The molecule has 4 nitrogen and oxygen atoms in total. The van der Waals surface area contributed by atoms with Gasteiger partial charge in [-0.1, -0.05) is 6.07 Å². The molecule has 0 heterocycles. The van der Waals surface area contributed by atoms with E-state index < -0.39 is 5.60 Å². The molecule has 0 aromatic heterocycles. The molecular formula is C14H22O4. The fourth-order valence-electron chi connectivity index (χ4n) is 1.75. The highest BCUT2D eigenvalue weighted by atomic mass is 16.5. The summed E-state index contributed by atoms with van der Waals surface area (Å²) < 4.78 is 16.0. The zero-order valence-electron chi connectivity index (χ0n) is 11.5. The molecule has 1 N–H and O–H groups in total. The van der Waals surface area contributed by atoms with Crippen LogP contribution < -0.4 is 9.47 Å². The lowest BCUT2D eigenvalue weighted by Gasteiger charge is -2.24. The first-order chi connectivity index (χ1) is 8.55. The van der Waals surface area contributed by atoms with Crippen LogP contribution in [0, 0.1) is 0 Å². The highest BCUT2D eigenvalue weighted by molar-refractivity contribution is 5.44. The van der Waals surface area contributed by atoms with Crippen molar-refractivity contribution in [3.05, 3.63) is 23.8 Å². The summed E-state index contributed by atoms with van der Waals surface area (Å²) in [6.07, 6.45) is 0. The number of hydrogen-bond acceptors (Lipinski definition) is 4. The SMILES string of the molecule is CCOc1ccc(C(C)(O)COC)cc1OCC. The van der Waals surface area contributed by atoms with Crippen LogP contribution in [0.3, 0.4) is 0 Å². The van der Waals surface area contributed by atoms with Crippen LogP contribution in [0.5, 0.6) is 11.5 Å². The second kappa shape index (κ2) is 6.61. The number of hydrogen-bond donors (Lipinski definition) is 1. The first-order valence-electron chi connectivity index (χ1n) is 6.16. The van der Waals surface area contributed by atoms with Crippen LogP contribution in [0.2, 0.25) is 0 Å². The van der Waals surface area contributed by atoms with Gasteiger partial charge in [0.2, 0.25) is 0 Å². The number of benzene rings is 1.